The van der Waals surface area contributed by atoms with Crippen LogP contribution in [0.1, 0.15) is 6.42 Å². The molecule has 1 rings (SSSR count). The first kappa shape index (κ1) is 23.3. The SMILES string of the molecule is [CH2-][C@H]1CN(C[CH-]CCS([CH2-])=N)C(=O)O1.[CH3-].[W+2].[Y]. The molecule has 0 aromatic heterocycles. The quantitative estimate of drug-likeness (QED) is 0.461. The van der Waals surface area contributed by atoms with Crippen LogP contribution >= 0.6 is 0 Å². The second-order valence-electron chi connectivity index (χ2n) is 3.19. The van der Waals surface area contributed by atoms with Gasteiger partial charge in [0.15, 0.2) is 0 Å². The molecule has 1 unspecified atom stereocenters. The molecule has 1 N–H and O–H groups in total. The van der Waals surface area contributed by atoms with E-state index in [1.165, 1.54) is 0 Å². The number of carbonyl (C=O) groups is 1. The Morgan fingerprint density at radius 2 is 2.24 bits per heavy atom. The van der Waals surface area contributed by atoms with Gasteiger partial charge in [0.05, 0.1) is 0 Å². The summed E-state index contributed by atoms with van der Waals surface area (Å²) in [7, 11) is -0.513. The second kappa shape index (κ2) is 12.3. The number of nitrogens with one attached hydrogen (secondary N) is 1. The molecule has 17 heavy (non-hydrogen) atoms. The van der Waals surface area contributed by atoms with Gasteiger partial charge in [0.2, 0.25) is 0 Å². The van der Waals surface area contributed by atoms with E-state index in [4.69, 9.17) is 9.52 Å². The van der Waals surface area contributed by atoms with Crippen molar-refractivity contribution in [2.24, 2.45) is 0 Å². The number of rotatable bonds is 5. The fraction of sp³-hybridized carbons (Fsp3) is 0.500. The molecule has 0 bridgehead atoms. The molecule has 2 atom stereocenters. The number of hydrogen-bond acceptors (Lipinski definition) is 3. The maximum atomic E-state index is 11.1. The minimum absolute atomic E-state index is 0. The average Bonchev–Trinajstić information content (AvgIpc) is 2.39. The van der Waals surface area contributed by atoms with E-state index in [2.05, 4.69) is 13.2 Å². The van der Waals surface area contributed by atoms with Gasteiger partial charge in [0.1, 0.15) is 0 Å². The van der Waals surface area contributed by atoms with Gasteiger partial charge >= 0.3 is 27.2 Å². The van der Waals surface area contributed by atoms with E-state index < -0.39 is 10.7 Å². The van der Waals surface area contributed by atoms with E-state index in [9.17, 15) is 4.79 Å². The fourth-order valence-electron chi connectivity index (χ4n) is 1.20. The molecule has 0 aliphatic carbocycles. The fourth-order valence-corrected chi connectivity index (χ4v) is 1.65. The summed E-state index contributed by atoms with van der Waals surface area (Å²) in [5, 5.41) is 0. The molecule has 1 aliphatic heterocycles. The molecular weight excluding hydrogens is 485 g/mol. The number of amides is 1. The summed E-state index contributed by atoms with van der Waals surface area (Å²) < 4.78 is 12.1. The van der Waals surface area contributed by atoms with Crippen LogP contribution in [-0.4, -0.2) is 35.9 Å². The number of ether oxygens (including phenoxy) is 1. The summed E-state index contributed by atoms with van der Waals surface area (Å²) in [6.07, 6.45) is 5.87. The van der Waals surface area contributed by atoms with Crippen molar-refractivity contribution in [3.8, 4) is 0 Å². The van der Waals surface area contributed by atoms with Gasteiger partial charge in [-0.2, -0.15) is 6.42 Å². The molecule has 1 saturated heterocycles. The van der Waals surface area contributed by atoms with Crippen molar-refractivity contribution in [2.75, 3.05) is 18.8 Å². The molecule has 0 aromatic rings. The van der Waals surface area contributed by atoms with E-state index in [0.29, 0.717) is 13.1 Å². The van der Waals surface area contributed by atoms with Crippen LogP contribution in [0.15, 0.2) is 0 Å². The van der Waals surface area contributed by atoms with Crippen LogP contribution in [0.2, 0.25) is 0 Å². The minimum atomic E-state index is -0.513. The molecule has 1 radical (unpaired) electrons. The Balaban J connectivity index is -0.000000653. The summed E-state index contributed by atoms with van der Waals surface area (Å²) in [4.78, 5) is 12.7. The number of cyclic esters (lactones) is 1. The number of unbranched alkanes of at least 4 members (excludes halogenated alkanes) is 1. The molecule has 97 valence electrons. The normalized spacial score (nSPS) is 19.5. The maximum Gasteiger partial charge on any atom is 2.00 e. The first-order valence-electron chi connectivity index (χ1n) is 4.41. The molecule has 7 heteroatoms. The van der Waals surface area contributed by atoms with Crippen molar-refractivity contribution in [2.45, 2.75) is 12.5 Å². The zero-order valence-electron chi connectivity index (χ0n) is 10.1. The molecule has 1 fully saturated rings. The largest absolute Gasteiger partial charge is 2.00 e. The van der Waals surface area contributed by atoms with Crippen molar-refractivity contribution in [1.82, 2.24) is 4.90 Å². The van der Waals surface area contributed by atoms with Crippen molar-refractivity contribution in [3.63, 3.8) is 0 Å². The van der Waals surface area contributed by atoms with Crippen LogP contribution in [0, 0.1) is 31.8 Å². The topological polar surface area (TPSA) is 53.4 Å². The molecule has 0 spiro atoms. The van der Waals surface area contributed by atoms with E-state index in [0.717, 1.165) is 12.2 Å². The minimum Gasteiger partial charge on any atom is -0.478 e. The Morgan fingerprint density at radius 3 is 2.65 bits per heavy atom. The molecule has 1 heterocycles. The third-order valence-electron chi connectivity index (χ3n) is 1.87. The van der Waals surface area contributed by atoms with Gasteiger partial charge in [-0.05, 0) is 6.10 Å². The molecule has 1 aliphatic rings. The Hall–Kier alpha value is 1.21. The van der Waals surface area contributed by atoms with E-state index in [1.54, 1.807) is 4.90 Å². The van der Waals surface area contributed by atoms with Crippen LogP contribution in [-0.2, 0) is 69.2 Å². The third-order valence-corrected chi connectivity index (χ3v) is 2.60. The summed E-state index contributed by atoms with van der Waals surface area (Å²) in [6.45, 7) is 4.80. The van der Waals surface area contributed by atoms with Gasteiger partial charge in [-0.1, -0.05) is 12.3 Å². The monoisotopic (exact) mass is 503 g/mol. The second-order valence-corrected chi connectivity index (χ2v) is 4.58. The van der Waals surface area contributed by atoms with Crippen molar-refractivity contribution < 1.29 is 63.3 Å². The van der Waals surface area contributed by atoms with Gasteiger partial charge in [-0.25, -0.2) is 4.79 Å². The molecule has 0 aromatic carbocycles. The number of nitrogens with zero attached hydrogens (tertiary/aromatic N) is 1. The molecule has 0 saturated carbocycles. The van der Waals surface area contributed by atoms with Crippen LogP contribution in [0.5, 0.6) is 0 Å². The Kier molecular flexibility index (Phi) is 16.8. The summed E-state index contributed by atoms with van der Waals surface area (Å²) in [5.74, 6) is 0.761. The van der Waals surface area contributed by atoms with E-state index in [-0.39, 0.29) is 73.4 Å². The predicted molar refractivity (Wildman–Crippen MR) is 62.8 cm³/mol. The van der Waals surface area contributed by atoms with E-state index in [1.807, 2.05) is 6.42 Å². The zero-order chi connectivity index (χ0) is 10.6. The van der Waals surface area contributed by atoms with Gasteiger partial charge < -0.3 is 35.2 Å². The van der Waals surface area contributed by atoms with Gasteiger partial charge in [0.25, 0.3) is 0 Å². The maximum absolute atomic E-state index is 11.1. The van der Waals surface area contributed by atoms with E-state index >= 15 is 0 Å². The van der Waals surface area contributed by atoms with Crippen LogP contribution < -0.4 is 0 Å². The average molecular weight is 503 g/mol. The summed E-state index contributed by atoms with van der Waals surface area (Å²) in [5.41, 5.74) is 0. The van der Waals surface area contributed by atoms with Gasteiger partial charge in [-0.3, -0.25) is 16.9 Å². The van der Waals surface area contributed by atoms with Gasteiger partial charge in [0, 0.05) is 39.3 Å². The van der Waals surface area contributed by atoms with Crippen molar-refractivity contribution in [3.05, 3.63) is 27.0 Å². The Morgan fingerprint density at radius 1 is 1.65 bits per heavy atom. The number of hydrogen-bond donors (Lipinski definition) is 1. The third kappa shape index (κ3) is 9.75. The van der Waals surface area contributed by atoms with Crippen LogP contribution in [0.3, 0.4) is 0 Å². The Bertz CT molecular complexity index is 244. The predicted octanol–water partition coefficient (Wildman–Crippen LogP) is 1.85. The van der Waals surface area contributed by atoms with Crippen molar-refractivity contribution in [1.29, 1.82) is 4.78 Å². The zero-order valence-corrected chi connectivity index (χ0v) is 16.6. The molecule has 1 amide bonds. The summed E-state index contributed by atoms with van der Waals surface area (Å²) in [6, 6.07) is 0. The summed E-state index contributed by atoms with van der Waals surface area (Å²) >= 11 is 0. The smallest absolute Gasteiger partial charge is 0.478 e. The standard InChI is InChI=1S/C9H15N2O2S.CH3.W.Y/c1-8-7-11(9(12)13-8)5-3-4-6-14(2)10;;;/h3,8,10H,1-2,4-7H2;1H3;;/q-3;-1;+2;/t8-,14?;;;/m0.../s1. The Labute approximate surface area is 147 Å². The van der Waals surface area contributed by atoms with Crippen LogP contribution in [0.25, 0.3) is 0 Å². The number of carbonyl (C=O) groups excluding carboxylic acids is 1. The first-order chi connectivity index (χ1) is 6.59. The van der Waals surface area contributed by atoms with Gasteiger partial charge in [-0.15, -0.1) is 0 Å². The molecular formula is C10H18N2O2SWY-2. The van der Waals surface area contributed by atoms with Crippen LogP contribution in [0.4, 0.5) is 4.79 Å². The van der Waals surface area contributed by atoms with Crippen molar-refractivity contribution >= 4 is 16.8 Å². The molecule has 4 nitrogen and oxygen atoms in total. The first-order valence-corrected chi connectivity index (χ1v) is 5.98.